The molecule has 0 bridgehead atoms. The maximum Gasteiger partial charge on any atom is 0.136 e. The van der Waals surface area contributed by atoms with Gasteiger partial charge in [0.25, 0.3) is 0 Å². The molecule has 4 unspecified atom stereocenters. The van der Waals surface area contributed by atoms with Crippen molar-refractivity contribution in [1.82, 2.24) is 0 Å². The lowest BCUT2D eigenvalue weighted by molar-refractivity contribution is -0.129. The average molecular weight is 178 g/mol. The van der Waals surface area contributed by atoms with Gasteiger partial charge in [0.15, 0.2) is 0 Å². The summed E-state index contributed by atoms with van der Waals surface area (Å²) in [5, 5.41) is 0. The van der Waals surface area contributed by atoms with E-state index in [0.717, 1.165) is 32.1 Å². The molecule has 0 aliphatic heterocycles. The van der Waals surface area contributed by atoms with E-state index in [2.05, 4.69) is 0 Å². The Morgan fingerprint density at radius 1 is 0.846 bits per heavy atom. The predicted octanol–water partition coefficient (Wildman–Crippen LogP) is 1.58. The van der Waals surface area contributed by atoms with Crippen LogP contribution in [0, 0.1) is 23.7 Å². The lowest BCUT2D eigenvalue weighted by Crippen LogP contribution is -2.23. The van der Waals surface area contributed by atoms with E-state index in [0.29, 0.717) is 23.4 Å². The molecule has 0 aromatic heterocycles. The molecule has 2 nitrogen and oxygen atoms in total. The normalized spacial score (nSPS) is 48.3. The summed E-state index contributed by atoms with van der Waals surface area (Å²) < 4.78 is 0. The molecule has 3 rings (SSSR count). The number of carbonyl (C=O) groups is 2. The molecule has 0 saturated heterocycles. The number of ketones is 2. The van der Waals surface area contributed by atoms with Gasteiger partial charge in [0.2, 0.25) is 0 Å². The highest BCUT2D eigenvalue weighted by Gasteiger charge is 2.54. The molecule has 0 N–H and O–H groups in total. The van der Waals surface area contributed by atoms with E-state index in [1.54, 1.807) is 0 Å². The van der Waals surface area contributed by atoms with Crippen molar-refractivity contribution in [3.63, 3.8) is 0 Å². The predicted molar refractivity (Wildman–Crippen MR) is 47.1 cm³/mol. The van der Waals surface area contributed by atoms with Gasteiger partial charge in [-0.25, -0.2) is 0 Å². The van der Waals surface area contributed by atoms with Crippen molar-refractivity contribution < 1.29 is 9.59 Å². The highest BCUT2D eigenvalue weighted by molar-refractivity contribution is 5.93. The van der Waals surface area contributed by atoms with Gasteiger partial charge in [-0.1, -0.05) is 0 Å². The van der Waals surface area contributed by atoms with Crippen LogP contribution in [0.1, 0.15) is 32.1 Å². The second-order valence-electron chi connectivity index (χ2n) is 4.82. The van der Waals surface area contributed by atoms with E-state index >= 15 is 0 Å². The van der Waals surface area contributed by atoms with Gasteiger partial charge >= 0.3 is 0 Å². The van der Waals surface area contributed by atoms with Crippen molar-refractivity contribution in [2.45, 2.75) is 32.1 Å². The molecule has 13 heavy (non-hydrogen) atoms. The number of carbonyl (C=O) groups excluding carboxylic acids is 2. The molecule has 0 radical (unpaired) electrons. The van der Waals surface area contributed by atoms with Crippen LogP contribution in [0.25, 0.3) is 0 Å². The molecule has 0 aromatic carbocycles. The molecule has 3 aliphatic carbocycles. The summed E-state index contributed by atoms with van der Waals surface area (Å²) in [6.07, 6.45) is 4.76. The van der Waals surface area contributed by atoms with Crippen LogP contribution in [-0.2, 0) is 9.59 Å². The van der Waals surface area contributed by atoms with E-state index in [4.69, 9.17) is 0 Å². The van der Waals surface area contributed by atoms with Crippen LogP contribution in [0.5, 0.6) is 0 Å². The third-order valence-corrected chi connectivity index (χ3v) is 4.27. The zero-order valence-electron chi connectivity index (χ0n) is 7.66. The summed E-state index contributed by atoms with van der Waals surface area (Å²) >= 11 is 0. The van der Waals surface area contributed by atoms with E-state index in [1.165, 1.54) is 0 Å². The first-order valence-corrected chi connectivity index (χ1v) is 5.33. The summed E-state index contributed by atoms with van der Waals surface area (Å²) in [5.41, 5.74) is 0. The third kappa shape index (κ3) is 0.890. The van der Waals surface area contributed by atoms with Crippen LogP contribution in [0.3, 0.4) is 0 Å². The largest absolute Gasteiger partial charge is 0.299 e. The highest BCUT2D eigenvalue weighted by Crippen LogP contribution is 2.53. The Kier molecular flexibility index (Phi) is 1.44. The lowest BCUT2D eigenvalue weighted by Gasteiger charge is -2.13. The topological polar surface area (TPSA) is 34.1 Å². The lowest BCUT2D eigenvalue weighted by atomic mass is 9.88. The van der Waals surface area contributed by atoms with E-state index in [9.17, 15) is 9.59 Å². The Bertz CT molecular complexity index is 254. The molecule has 0 spiro atoms. The van der Waals surface area contributed by atoms with Crippen molar-refractivity contribution in [1.29, 1.82) is 0 Å². The summed E-state index contributed by atoms with van der Waals surface area (Å²) in [6, 6.07) is 0. The minimum absolute atomic E-state index is 0.153. The maximum atomic E-state index is 11.6. The van der Waals surface area contributed by atoms with E-state index < -0.39 is 0 Å². The molecule has 3 aliphatic rings. The minimum atomic E-state index is 0.153. The Morgan fingerprint density at radius 3 is 1.77 bits per heavy atom. The Balaban J connectivity index is 1.95. The van der Waals surface area contributed by atoms with Crippen molar-refractivity contribution in [3.8, 4) is 0 Å². The minimum Gasteiger partial charge on any atom is -0.299 e. The molecule has 0 aromatic rings. The molecule has 0 heterocycles. The molecular weight excluding hydrogens is 164 g/mol. The van der Waals surface area contributed by atoms with Gasteiger partial charge in [-0.05, 0) is 31.1 Å². The van der Waals surface area contributed by atoms with Crippen LogP contribution >= 0.6 is 0 Å². The molecule has 0 amide bonds. The third-order valence-electron chi connectivity index (χ3n) is 4.27. The molecule has 2 heteroatoms. The number of rotatable bonds is 0. The zero-order valence-corrected chi connectivity index (χ0v) is 7.66. The Labute approximate surface area is 77.7 Å². The summed E-state index contributed by atoms with van der Waals surface area (Å²) in [4.78, 5) is 23.2. The molecule has 3 fully saturated rings. The second kappa shape index (κ2) is 2.43. The number of Topliss-reactive ketones (excluding diaryl/α,β-unsaturated/α-hetero) is 2. The van der Waals surface area contributed by atoms with Crippen molar-refractivity contribution in [2.75, 3.05) is 0 Å². The fourth-order valence-electron chi connectivity index (χ4n) is 3.78. The van der Waals surface area contributed by atoms with E-state index in [1.807, 2.05) is 0 Å². The number of hydrogen-bond acceptors (Lipinski definition) is 2. The smallest absolute Gasteiger partial charge is 0.136 e. The van der Waals surface area contributed by atoms with Crippen molar-refractivity contribution in [3.05, 3.63) is 0 Å². The molecule has 3 saturated carbocycles. The van der Waals surface area contributed by atoms with Gasteiger partial charge in [-0.15, -0.1) is 0 Å². The average Bonchev–Trinajstić information content (AvgIpc) is 2.69. The van der Waals surface area contributed by atoms with Crippen LogP contribution in [0.15, 0.2) is 0 Å². The Morgan fingerprint density at radius 2 is 1.31 bits per heavy atom. The Hall–Kier alpha value is -0.660. The SMILES string of the molecule is O=C1CCC2CC3CCC(=O)C3C12. The van der Waals surface area contributed by atoms with E-state index in [-0.39, 0.29) is 11.8 Å². The van der Waals surface area contributed by atoms with Crippen molar-refractivity contribution >= 4 is 11.6 Å². The van der Waals surface area contributed by atoms with Gasteiger partial charge in [0.05, 0.1) is 0 Å². The van der Waals surface area contributed by atoms with Gasteiger partial charge in [0.1, 0.15) is 11.6 Å². The summed E-state index contributed by atoms with van der Waals surface area (Å²) in [7, 11) is 0. The first-order chi connectivity index (χ1) is 6.27. The second-order valence-corrected chi connectivity index (χ2v) is 4.82. The number of fused-ring (bicyclic) bond motifs is 3. The van der Waals surface area contributed by atoms with Crippen molar-refractivity contribution in [2.24, 2.45) is 23.7 Å². The monoisotopic (exact) mass is 178 g/mol. The zero-order chi connectivity index (χ0) is 9.00. The molecule has 70 valence electrons. The van der Waals surface area contributed by atoms with Crippen LogP contribution in [0.4, 0.5) is 0 Å². The molecule has 4 atom stereocenters. The van der Waals surface area contributed by atoms with Crippen LogP contribution in [-0.4, -0.2) is 11.6 Å². The van der Waals surface area contributed by atoms with Gasteiger partial charge in [-0.3, -0.25) is 9.59 Å². The quantitative estimate of drug-likeness (QED) is 0.564. The van der Waals surface area contributed by atoms with Gasteiger partial charge < -0.3 is 0 Å². The van der Waals surface area contributed by atoms with Crippen LogP contribution < -0.4 is 0 Å². The summed E-state index contributed by atoms with van der Waals surface area (Å²) in [6.45, 7) is 0. The van der Waals surface area contributed by atoms with Crippen LogP contribution in [0.2, 0.25) is 0 Å². The fourth-order valence-corrected chi connectivity index (χ4v) is 3.78. The maximum absolute atomic E-state index is 11.6. The molecular formula is C11H14O2. The number of hydrogen-bond donors (Lipinski definition) is 0. The standard InChI is InChI=1S/C11H14O2/c12-8-3-1-6-5-7-2-4-9(13)11(7)10(6)8/h6-7,10-11H,1-5H2. The highest BCUT2D eigenvalue weighted by atomic mass is 16.1. The first-order valence-electron chi connectivity index (χ1n) is 5.33. The summed E-state index contributed by atoms with van der Waals surface area (Å²) in [5.74, 6) is 2.22. The first kappa shape index (κ1) is 7.72. The van der Waals surface area contributed by atoms with Gasteiger partial charge in [-0.2, -0.15) is 0 Å². The van der Waals surface area contributed by atoms with Gasteiger partial charge in [0, 0.05) is 24.7 Å². The fraction of sp³-hybridized carbons (Fsp3) is 0.818.